The van der Waals surface area contributed by atoms with Crippen molar-refractivity contribution in [2.24, 2.45) is 0 Å². The summed E-state index contributed by atoms with van der Waals surface area (Å²) in [5.41, 5.74) is -0.0934. The average molecular weight is 323 g/mol. The molecule has 1 heterocycles. The Hall–Kier alpha value is -1.73. The average Bonchev–Trinajstić information content (AvgIpc) is 2.91. The summed E-state index contributed by atoms with van der Waals surface area (Å²) in [6.45, 7) is 1.43. The van der Waals surface area contributed by atoms with Gasteiger partial charge in [0.05, 0.1) is 12.3 Å². The highest BCUT2D eigenvalue weighted by Gasteiger charge is 2.18. The third kappa shape index (κ3) is 3.92. The lowest BCUT2D eigenvalue weighted by Crippen LogP contribution is -2.37. The molecule has 0 atom stereocenters. The van der Waals surface area contributed by atoms with Crippen LogP contribution in [0.15, 0.2) is 26.1 Å². The molecule has 120 valence electrons. The van der Waals surface area contributed by atoms with Crippen LogP contribution >= 0.6 is 11.8 Å². The van der Waals surface area contributed by atoms with Crippen molar-refractivity contribution in [3.8, 4) is 0 Å². The van der Waals surface area contributed by atoms with E-state index in [9.17, 15) is 9.59 Å². The Bertz CT molecular complexity index is 686. The van der Waals surface area contributed by atoms with Crippen LogP contribution in [0.3, 0.4) is 0 Å². The van der Waals surface area contributed by atoms with E-state index >= 15 is 0 Å². The normalized spacial score (nSPS) is 11.3. The number of hydrogen-bond donors (Lipinski definition) is 2. The van der Waals surface area contributed by atoms with E-state index in [0.29, 0.717) is 17.9 Å². The molecule has 1 aromatic heterocycles. The van der Waals surface area contributed by atoms with Crippen LogP contribution in [0, 0.1) is 0 Å². The fourth-order valence-electron chi connectivity index (χ4n) is 2.12. The molecular formula is C15H21N3O3S. The molecule has 0 unspecified atom stereocenters. The summed E-state index contributed by atoms with van der Waals surface area (Å²) >= 11 is 1.72. The minimum absolute atomic E-state index is 0.384. The first-order valence-corrected chi connectivity index (χ1v) is 8.23. The van der Waals surface area contributed by atoms with Crippen molar-refractivity contribution >= 4 is 23.1 Å². The largest absolute Gasteiger partial charge is 0.464 e. The summed E-state index contributed by atoms with van der Waals surface area (Å²) in [6.07, 6.45) is 0. The smallest absolute Gasteiger partial charge is 0.253 e. The van der Waals surface area contributed by atoms with Gasteiger partial charge in [-0.15, -0.1) is 0 Å². The molecule has 0 saturated carbocycles. The van der Waals surface area contributed by atoms with Crippen LogP contribution in [0.5, 0.6) is 0 Å². The van der Waals surface area contributed by atoms with Crippen LogP contribution in [0.2, 0.25) is 0 Å². The summed E-state index contributed by atoms with van der Waals surface area (Å²) in [6, 6.07) is 3.99. The van der Waals surface area contributed by atoms with Crippen LogP contribution in [0.1, 0.15) is 11.5 Å². The number of thioether (sulfide) groups is 1. The summed E-state index contributed by atoms with van der Waals surface area (Å²) < 4.78 is 5.72. The van der Waals surface area contributed by atoms with Crippen LogP contribution in [-0.2, 0) is 12.3 Å². The van der Waals surface area contributed by atoms with Gasteiger partial charge in [0.2, 0.25) is 0 Å². The maximum absolute atomic E-state index is 11.4. The second-order valence-electron chi connectivity index (χ2n) is 5.24. The second kappa shape index (κ2) is 7.51. The Morgan fingerprint density at radius 3 is 2.50 bits per heavy atom. The van der Waals surface area contributed by atoms with Gasteiger partial charge in [0.15, 0.2) is 0 Å². The summed E-state index contributed by atoms with van der Waals surface area (Å²) in [5, 5.41) is 5.74. The Labute approximate surface area is 133 Å². The molecule has 1 aromatic carbocycles. The predicted octanol–water partition coefficient (Wildman–Crippen LogP) is 1.32. The molecule has 2 N–H and O–H groups in total. The third-order valence-corrected chi connectivity index (χ3v) is 4.12. The van der Waals surface area contributed by atoms with Crippen molar-refractivity contribution < 1.29 is 4.42 Å². The van der Waals surface area contributed by atoms with Crippen molar-refractivity contribution in [3.05, 3.63) is 44.1 Å². The first kappa shape index (κ1) is 16.6. The van der Waals surface area contributed by atoms with E-state index in [1.807, 2.05) is 26.2 Å². The molecule has 22 heavy (non-hydrogen) atoms. The van der Waals surface area contributed by atoms with E-state index < -0.39 is 10.9 Å². The zero-order valence-electron chi connectivity index (χ0n) is 13.1. The highest BCUT2D eigenvalue weighted by atomic mass is 32.2. The zero-order valence-corrected chi connectivity index (χ0v) is 13.9. The van der Waals surface area contributed by atoms with Crippen molar-refractivity contribution in [1.82, 2.24) is 4.90 Å². The van der Waals surface area contributed by atoms with E-state index in [1.165, 1.54) is 0 Å². The highest BCUT2D eigenvalue weighted by Crippen LogP contribution is 2.17. The van der Waals surface area contributed by atoms with E-state index in [2.05, 4.69) is 15.5 Å². The molecule has 7 heteroatoms. The van der Waals surface area contributed by atoms with Gasteiger partial charge >= 0.3 is 0 Å². The van der Waals surface area contributed by atoms with Gasteiger partial charge in [-0.25, -0.2) is 0 Å². The SMILES string of the molecule is CNc1c(NCCSCc2ccc(CN(C)C)o2)c(=O)c1=O. The van der Waals surface area contributed by atoms with Crippen LogP contribution in [0.25, 0.3) is 0 Å². The quantitative estimate of drug-likeness (QED) is 0.532. The van der Waals surface area contributed by atoms with Gasteiger partial charge in [0, 0.05) is 19.3 Å². The standard InChI is InChI=1S/C15H21N3O3S/c1-16-12-13(15(20)14(12)19)17-6-7-22-9-11-5-4-10(21-11)8-18(2)3/h4-5,16-17H,6-9H2,1-3H3. The molecule has 0 radical (unpaired) electrons. The van der Waals surface area contributed by atoms with E-state index in [4.69, 9.17) is 4.42 Å². The minimum atomic E-state index is -0.443. The Balaban J connectivity index is 1.69. The Kier molecular flexibility index (Phi) is 5.68. The van der Waals surface area contributed by atoms with E-state index in [1.54, 1.807) is 18.8 Å². The first-order chi connectivity index (χ1) is 10.5. The molecule has 6 nitrogen and oxygen atoms in total. The molecule has 0 spiro atoms. The molecule has 0 aliphatic rings. The number of nitrogens with one attached hydrogen (secondary N) is 2. The maximum atomic E-state index is 11.4. The number of anilines is 2. The number of nitrogens with zero attached hydrogens (tertiary/aromatic N) is 1. The molecule has 0 aliphatic carbocycles. The van der Waals surface area contributed by atoms with Gasteiger partial charge in [0.25, 0.3) is 10.9 Å². The van der Waals surface area contributed by atoms with Gasteiger partial charge in [-0.05, 0) is 26.2 Å². The molecule has 2 rings (SSSR count). The molecular weight excluding hydrogens is 302 g/mol. The topological polar surface area (TPSA) is 74.6 Å². The lowest BCUT2D eigenvalue weighted by Gasteiger charge is -2.11. The Morgan fingerprint density at radius 1 is 1.14 bits per heavy atom. The minimum Gasteiger partial charge on any atom is -0.464 e. The summed E-state index contributed by atoms with van der Waals surface area (Å²) in [4.78, 5) is 24.7. The molecule has 0 saturated heterocycles. The van der Waals surface area contributed by atoms with Crippen LogP contribution in [-0.4, -0.2) is 38.3 Å². The number of furan rings is 1. The van der Waals surface area contributed by atoms with Crippen molar-refractivity contribution in [2.75, 3.05) is 44.1 Å². The number of rotatable bonds is 9. The van der Waals surface area contributed by atoms with Crippen molar-refractivity contribution in [3.63, 3.8) is 0 Å². The lowest BCUT2D eigenvalue weighted by atomic mass is 10.2. The summed E-state index contributed by atoms with van der Waals surface area (Å²) in [7, 11) is 5.64. The van der Waals surface area contributed by atoms with E-state index in [-0.39, 0.29) is 0 Å². The summed E-state index contributed by atoms with van der Waals surface area (Å²) in [5.74, 6) is 3.53. The maximum Gasteiger partial charge on any atom is 0.253 e. The first-order valence-electron chi connectivity index (χ1n) is 7.08. The predicted molar refractivity (Wildman–Crippen MR) is 91.7 cm³/mol. The van der Waals surface area contributed by atoms with Crippen LogP contribution in [0.4, 0.5) is 11.4 Å². The van der Waals surface area contributed by atoms with Gasteiger partial charge in [-0.2, -0.15) is 11.8 Å². The van der Waals surface area contributed by atoms with E-state index in [0.717, 1.165) is 29.6 Å². The van der Waals surface area contributed by atoms with Gasteiger partial charge in [-0.1, -0.05) is 0 Å². The zero-order chi connectivity index (χ0) is 16.1. The molecule has 0 aliphatic heterocycles. The second-order valence-corrected chi connectivity index (χ2v) is 6.35. The van der Waals surface area contributed by atoms with Gasteiger partial charge < -0.3 is 20.0 Å². The van der Waals surface area contributed by atoms with Gasteiger partial charge in [-0.3, -0.25) is 9.59 Å². The monoisotopic (exact) mass is 323 g/mol. The third-order valence-electron chi connectivity index (χ3n) is 3.14. The molecule has 2 aromatic rings. The van der Waals surface area contributed by atoms with Gasteiger partial charge in [0.1, 0.15) is 22.9 Å². The molecule has 0 amide bonds. The number of hydrogen-bond acceptors (Lipinski definition) is 7. The van der Waals surface area contributed by atoms with Crippen LogP contribution < -0.4 is 21.5 Å². The lowest BCUT2D eigenvalue weighted by molar-refractivity contribution is 0.344. The van der Waals surface area contributed by atoms with Crippen molar-refractivity contribution in [1.29, 1.82) is 0 Å². The fourth-order valence-corrected chi connectivity index (χ4v) is 2.86. The molecule has 0 fully saturated rings. The fraction of sp³-hybridized carbons (Fsp3) is 0.467. The van der Waals surface area contributed by atoms with Crippen molar-refractivity contribution in [2.45, 2.75) is 12.3 Å². The highest BCUT2D eigenvalue weighted by molar-refractivity contribution is 7.98. The molecule has 0 bridgehead atoms. The Morgan fingerprint density at radius 2 is 1.82 bits per heavy atom.